The lowest BCUT2D eigenvalue weighted by Crippen LogP contribution is -2.47. The van der Waals surface area contributed by atoms with Gasteiger partial charge in [0.2, 0.25) is 0 Å². The Labute approximate surface area is 91.2 Å². The third-order valence-electron chi connectivity index (χ3n) is 3.32. The van der Waals surface area contributed by atoms with Crippen LogP contribution in [0.4, 0.5) is 0 Å². The topological polar surface area (TPSA) is 49.8 Å². The Morgan fingerprint density at radius 2 is 2.20 bits per heavy atom. The summed E-state index contributed by atoms with van der Waals surface area (Å²) in [4.78, 5) is 13.3. The van der Waals surface area contributed by atoms with Crippen LogP contribution in [-0.2, 0) is 9.53 Å². The van der Waals surface area contributed by atoms with Crippen LogP contribution in [0.3, 0.4) is 0 Å². The van der Waals surface area contributed by atoms with E-state index in [1.807, 2.05) is 0 Å². The van der Waals surface area contributed by atoms with Gasteiger partial charge in [-0.15, -0.1) is 0 Å². The molecule has 3 atom stereocenters. The van der Waals surface area contributed by atoms with E-state index in [4.69, 9.17) is 9.84 Å². The molecule has 1 fully saturated rings. The molecule has 0 amide bonds. The fourth-order valence-electron chi connectivity index (χ4n) is 2.21. The van der Waals surface area contributed by atoms with E-state index < -0.39 is 5.97 Å². The van der Waals surface area contributed by atoms with E-state index in [1.165, 1.54) is 0 Å². The van der Waals surface area contributed by atoms with Crippen molar-refractivity contribution in [3.8, 4) is 0 Å². The van der Waals surface area contributed by atoms with E-state index in [0.29, 0.717) is 19.3 Å². The minimum atomic E-state index is -0.737. The second-order valence-corrected chi connectivity index (χ2v) is 4.14. The van der Waals surface area contributed by atoms with Gasteiger partial charge in [0.05, 0.1) is 19.1 Å². The number of likely N-dealkylation sites (N-methyl/N-ethyl adjacent to an activating group) is 1. The van der Waals surface area contributed by atoms with Crippen LogP contribution < -0.4 is 0 Å². The molecule has 15 heavy (non-hydrogen) atoms. The van der Waals surface area contributed by atoms with Crippen LogP contribution in [0.5, 0.6) is 0 Å². The standard InChI is InChI=1S/C11H21NO3/c1-4-8(3)12(5-2)10-7-15-6-9(10)11(13)14/h8-10H,4-7H2,1-3H3,(H,13,14). The summed E-state index contributed by atoms with van der Waals surface area (Å²) in [7, 11) is 0. The zero-order valence-electron chi connectivity index (χ0n) is 9.77. The maximum atomic E-state index is 11.0. The van der Waals surface area contributed by atoms with Gasteiger partial charge < -0.3 is 9.84 Å². The molecule has 1 heterocycles. The third kappa shape index (κ3) is 2.69. The van der Waals surface area contributed by atoms with Crippen LogP contribution in [0, 0.1) is 5.92 Å². The predicted octanol–water partition coefficient (Wildman–Crippen LogP) is 1.21. The lowest BCUT2D eigenvalue weighted by molar-refractivity contribution is -0.143. The first-order valence-corrected chi connectivity index (χ1v) is 5.68. The van der Waals surface area contributed by atoms with E-state index in [2.05, 4.69) is 25.7 Å². The Balaban J connectivity index is 2.70. The van der Waals surface area contributed by atoms with E-state index >= 15 is 0 Å². The maximum absolute atomic E-state index is 11.0. The number of rotatable bonds is 5. The number of aliphatic carboxylic acids is 1. The van der Waals surface area contributed by atoms with Crippen LogP contribution in [0.25, 0.3) is 0 Å². The first kappa shape index (κ1) is 12.5. The smallest absolute Gasteiger partial charge is 0.310 e. The molecule has 1 rings (SSSR count). The summed E-state index contributed by atoms with van der Waals surface area (Å²) >= 11 is 0. The van der Waals surface area contributed by atoms with Gasteiger partial charge >= 0.3 is 5.97 Å². The van der Waals surface area contributed by atoms with Gasteiger partial charge in [-0.3, -0.25) is 9.69 Å². The fraction of sp³-hybridized carbons (Fsp3) is 0.909. The van der Waals surface area contributed by atoms with Gasteiger partial charge in [0.25, 0.3) is 0 Å². The Morgan fingerprint density at radius 1 is 1.53 bits per heavy atom. The Morgan fingerprint density at radius 3 is 2.67 bits per heavy atom. The number of carbonyl (C=O) groups is 1. The summed E-state index contributed by atoms with van der Waals surface area (Å²) in [6.07, 6.45) is 1.04. The molecule has 0 aromatic rings. The van der Waals surface area contributed by atoms with Crippen molar-refractivity contribution < 1.29 is 14.6 Å². The Kier molecular flexibility index (Phi) is 4.54. The molecule has 1 saturated heterocycles. The maximum Gasteiger partial charge on any atom is 0.310 e. The summed E-state index contributed by atoms with van der Waals surface area (Å²) in [6, 6.07) is 0.464. The van der Waals surface area contributed by atoms with Crippen LogP contribution in [0.2, 0.25) is 0 Å². The van der Waals surface area contributed by atoms with Crippen molar-refractivity contribution >= 4 is 5.97 Å². The number of hydrogen-bond acceptors (Lipinski definition) is 3. The third-order valence-corrected chi connectivity index (χ3v) is 3.32. The molecule has 1 aliphatic rings. The van der Waals surface area contributed by atoms with E-state index in [9.17, 15) is 4.79 Å². The second-order valence-electron chi connectivity index (χ2n) is 4.14. The first-order valence-electron chi connectivity index (χ1n) is 5.68. The molecule has 0 aromatic carbocycles. The molecular weight excluding hydrogens is 194 g/mol. The molecule has 1 N–H and O–H groups in total. The van der Waals surface area contributed by atoms with Gasteiger partial charge in [0.15, 0.2) is 0 Å². The molecule has 0 bridgehead atoms. The van der Waals surface area contributed by atoms with E-state index in [0.717, 1.165) is 13.0 Å². The van der Waals surface area contributed by atoms with Crippen molar-refractivity contribution in [3.05, 3.63) is 0 Å². The fourth-order valence-corrected chi connectivity index (χ4v) is 2.21. The van der Waals surface area contributed by atoms with Gasteiger partial charge in [0, 0.05) is 12.1 Å². The lowest BCUT2D eigenvalue weighted by Gasteiger charge is -2.34. The SMILES string of the molecule is CCC(C)N(CC)C1COCC1C(=O)O. The van der Waals surface area contributed by atoms with Crippen LogP contribution in [0.15, 0.2) is 0 Å². The van der Waals surface area contributed by atoms with Gasteiger partial charge in [-0.05, 0) is 19.9 Å². The van der Waals surface area contributed by atoms with Gasteiger partial charge in [-0.25, -0.2) is 0 Å². The molecule has 4 heteroatoms. The quantitative estimate of drug-likeness (QED) is 0.749. The van der Waals surface area contributed by atoms with Crippen LogP contribution in [-0.4, -0.2) is 47.8 Å². The Hall–Kier alpha value is -0.610. The summed E-state index contributed by atoms with van der Waals surface area (Å²) in [5.41, 5.74) is 0. The minimum absolute atomic E-state index is 0.0439. The normalized spacial score (nSPS) is 28.3. The average molecular weight is 215 g/mol. The molecule has 0 aliphatic carbocycles. The second kappa shape index (κ2) is 5.47. The Bertz CT molecular complexity index is 220. The highest BCUT2D eigenvalue weighted by Crippen LogP contribution is 2.22. The molecule has 3 unspecified atom stereocenters. The zero-order chi connectivity index (χ0) is 11.4. The number of nitrogens with zero attached hydrogens (tertiary/aromatic N) is 1. The minimum Gasteiger partial charge on any atom is -0.481 e. The summed E-state index contributed by atoms with van der Waals surface area (Å²) < 4.78 is 5.29. The monoisotopic (exact) mass is 215 g/mol. The average Bonchev–Trinajstić information content (AvgIpc) is 2.67. The molecule has 0 aromatic heterocycles. The van der Waals surface area contributed by atoms with Crippen LogP contribution in [0.1, 0.15) is 27.2 Å². The first-order chi connectivity index (χ1) is 7.11. The van der Waals surface area contributed by atoms with Gasteiger partial charge in [0.1, 0.15) is 0 Å². The largest absolute Gasteiger partial charge is 0.481 e. The van der Waals surface area contributed by atoms with Crippen molar-refractivity contribution in [2.24, 2.45) is 5.92 Å². The number of ether oxygens (including phenoxy) is 1. The van der Waals surface area contributed by atoms with Crippen molar-refractivity contribution in [1.82, 2.24) is 4.90 Å². The van der Waals surface area contributed by atoms with E-state index in [-0.39, 0.29) is 12.0 Å². The van der Waals surface area contributed by atoms with Crippen molar-refractivity contribution in [2.75, 3.05) is 19.8 Å². The van der Waals surface area contributed by atoms with Crippen LogP contribution >= 0.6 is 0 Å². The highest BCUT2D eigenvalue weighted by molar-refractivity contribution is 5.71. The molecule has 1 aliphatic heterocycles. The van der Waals surface area contributed by atoms with Crippen molar-refractivity contribution in [3.63, 3.8) is 0 Å². The molecule has 0 saturated carbocycles. The summed E-state index contributed by atoms with van der Waals surface area (Å²) in [6.45, 7) is 8.12. The van der Waals surface area contributed by atoms with Crippen molar-refractivity contribution in [2.45, 2.75) is 39.3 Å². The molecule has 0 radical (unpaired) electrons. The predicted molar refractivity (Wildman–Crippen MR) is 57.9 cm³/mol. The molecule has 88 valence electrons. The number of carboxylic acids is 1. The van der Waals surface area contributed by atoms with Crippen molar-refractivity contribution in [1.29, 1.82) is 0 Å². The number of carboxylic acid groups (broad SMARTS) is 1. The zero-order valence-corrected chi connectivity index (χ0v) is 9.77. The molecule has 4 nitrogen and oxygen atoms in total. The highest BCUT2D eigenvalue weighted by atomic mass is 16.5. The molecule has 0 spiro atoms. The highest BCUT2D eigenvalue weighted by Gasteiger charge is 2.38. The lowest BCUT2D eigenvalue weighted by atomic mass is 10.0. The van der Waals surface area contributed by atoms with Gasteiger partial charge in [-0.2, -0.15) is 0 Å². The van der Waals surface area contributed by atoms with E-state index in [1.54, 1.807) is 0 Å². The summed E-state index contributed by atoms with van der Waals surface area (Å²) in [5.74, 6) is -1.10. The summed E-state index contributed by atoms with van der Waals surface area (Å²) in [5, 5.41) is 9.08. The van der Waals surface area contributed by atoms with Gasteiger partial charge in [-0.1, -0.05) is 13.8 Å². The number of hydrogen-bond donors (Lipinski definition) is 1. The molecular formula is C11H21NO3.